The molecule has 0 saturated carbocycles. The monoisotopic (exact) mass is 676 g/mol. The molecule has 0 heterocycles. The van der Waals surface area contributed by atoms with Gasteiger partial charge in [0.05, 0.1) is 19.3 Å². The topological polar surface area (TPSA) is 128 Å². The number of rotatable bonds is 19. The van der Waals surface area contributed by atoms with Gasteiger partial charge < -0.3 is 20.1 Å². The lowest BCUT2D eigenvalue weighted by Crippen LogP contribution is -2.44. The summed E-state index contributed by atoms with van der Waals surface area (Å²) in [7, 11) is 0. The third kappa shape index (κ3) is 14.2. The number of hydrogen-bond donors (Lipinski definition) is 2. The highest BCUT2D eigenvalue weighted by atomic mass is 79.9. The number of ether oxygens (including phenoxy) is 2. The molecule has 2 amide bonds. The summed E-state index contributed by atoms with van der Waals surface area (Å²) >= 11 is 6.44. The molecule has 0 aliphatic rings. The van der Waals surface area contributed by atoms with Gasteiger partial charge in [0.25, 0.3) is 0 Å². The van der Waals surface area contributed by atoms with E-state index in [1.807, 2.05) is 13.8 Å². The number of carbonyl (C=O) groups is 5. The Morgan fingerprint density at radius 1 is 1.00 bits per heavy atom. The molecule has 9 nitrogen and oxygen atoms in total. The van der Waals surface area contributed by atoms with Crippen molar-refractivity contribution in [2.24, 2.45) is 11.8 Å². The van der Waals surface area contributed by atoms with Gasteiger partial charge in [-0.25, -0.2) is 0 Å². The van der Waals surface area contributed by atoms with Gasteiger partial charge >= 0.3 is 5.97 Å². The van der Waals surface area contributed by atoms with E-state index in [-0.39, 0.29) is 73.2 Å². The fourth-order valence-electron chi connectivity index (χ4n) is 3.44. The Labute approximate surface area is 249 Å². The third-order valence-electron chi connectivity index (χ3n) is 5.94. The number of esters is 1. The van der Waals surface area contributed by atoms with E-state index < -0.39 is 24.3 Å². The number of hydrogen-bond acceptors (Lipinski definition) is 7. The molecule has 218 valence electrons. The minimum atomic E-state index is -0.945. The van der Waals surface area contributed by atoms with Crippen LogP contribution < -0.4 is 10.6 Å². The predicted molar refractivity (Wildman–Crippen MR) is 156 cm³/mol. The van der Waals surface area contributed by atoms with E-state index in [9.17, 15) is 24.0 Å². The number of nitrogens with one attached hydrogen (secondary N) is 2. The van der Waals surface area contributed by atoms with Crippen LogP contribution in [0.15, 0.2) is 24.3 Å². The summed E-state index contributed by atoms with van der Waals surface area (Å²) in [6.07, 6.45) is -0.634. The van der Waals surface area contributed by atoms with Crippen LogP contribution in [-0.4, -0.2) is 65.3 Å². The normalized spacial score (nSPS) is 14.5. The second kappa shape index (κ2) is 19.0. The van der Waals surface area contributed by atoms with Crippen molar-refractivity contribution in [3.8, 4) is 0 Å². The predicted octanol–water partition coefficient (Wildman–Crippen LogP) is 3.67. The molecule has 0 saturated heterocycles. The molecular formula is C28H40Br2N2O7. The van der Waals surface area contributed by atoms with Crippen molar-refractivity contribution in [3.05, 3.63) is 35.4 Å². The lowest BCUT2D eigenvalue weighted by atomic mass is 9.88. The lowest BCUT2D eigenvalue weighted by molar-refractivity contribution is -0.144. The second-order valence-electron chi connectivity index (χ2n) is 9.45. The van der Waals surface area contributed by atoms with Crippen molar-refractivity contribution in [3.63, 3.8) is 0 Å². The van der Waals surface area contributed by atoms with Crippen LogP contribution in [0, 0.1) is 11.8 Å². The average molecular weight is 678 g/mol. The molecule has 0 spiro atoms. The average Bonchev–Trinajstić information content (AvgIpc) is 2.91. The molecule has 2 unspecified atom stereocenters. The molecule has 1 aromatic carbocycles. The lowest BCUT2D eigenvalue weighted by Gasteiger charge is -2.22. The first-order valence-corrected chi connectivity index (χ1v) is 15.0. The minimum Gasteiger partial charge on any atom is -0.461 e. The van der Waals surface area contributed by atoms with Crippen LogP contribution in [0.4, 0.5) is 0 Å². The summed E-state index contributed by atoms with van der Waals surface area (Å²) in [5.41, 5.74) is 1.49. The van der Waals surface area contributed by atoms with Crippen LogP contribution in [0.5, 0.6) is 0 Å². The van der Waals surface area contributed by atoms with Crippen LogP contribution >= 0.6 is 31.9 Å². The zero-order valence-electron chi connectivity index (χ0n) is 24.0. The van der Waals surface area contributed by atoms with Crippen molar-refractivity contribution >= 4 is 61.2 Å². The Balaban J connectivity index is 2.47. The van der Waals surface area contributed by atoms with E-state index in [2.05, 4.69) is 42.5 Å². The van der Waals surface area contributed by atoms with E-state index in [4.69, 9.17) is 10.8 Å². The number of carbonyl (C=O) groups excluding carboxylic acids is 5. The van der Waals surface area contributed by atoms with Crippen LogP contribution in [0.1, 0.15) is 59.4 Å². The Hall–Kier alpha value is -2.11. The maximum Gasteiger partial charge on any atom is 0.305 e. The van der Waals surface area contributed by atoms with Crippen LogP contribution in [0.25, 0.3) is 0 Å². The molecule has 1 rings (SSSR count). The van der Waals surface area contributed by atoms with Gasteiger partial charge in [-0.1, -0.05) is 76.9 Å². The second-order valence-corrected chi connectivity index (χ2v) is 11.2. The first kappa shape index (κ1) is 33.1. The zero-order chi connectivity index (χ0) is 30.2. The van der Waals surface area contributed by atoms with Crippen molar-refractivity contribution < 1.29 is 34.8 Å². The first-order valence-electron chi connectivity index (χ1n) is 13.5. The fraction of sp³-hybridized carbons (Fsp3) is 0.607. The van der Waals surface area contributed by atoms with Gasteiger partial charge in [0.1, 0.15) is 17.2 Å². The van der Waals surface area contributed by atoms with Gasteiger partial charge in [-0.05, 0) is 24.0 Å². The molecule has 0 aromatic heterocycles. The Kier molecular flexibility index (Phi) is 16.2. The van der Waals surface area contributed by atoms with E-state index in [0.29, 0.717) is 11.9 Å². The largest absolute Gasteiger partial charge is 0.461 e. The molecule has 0 aliphatic heterocycles. The molecule has 0 bridgehead atoms. The van der Waals surface area contributed by atoms with Crippen molar-refractivity contribution in [1.29, 1.82) is 0 Å². The van der Waals surface area contributed by atoms with Gasteiger partial charge in [0, 0.05) is 44.8 Å². The first-order chi connectivity index (χ1) is 18.8. The number of ketones is 2. The summed E-state index contributed by atoms with van der Waals surface area (Å²) in [5, 5.41) is 5.96. The zero-order valence-corrected chi connectivity index (χ0v) is 26.1. The van der Waals surface area contributed by atoms with Crippen LogP contribution in [-0.2, 0) is 46.5 Å². The fourth-order valence-corrected chi connectivity index (χ4v) is 3.90. The highest BCUT2D eigenvalue weighted by Crippen LogP contribution is 2.18. The minimum absolute atomic E-state index is 0.0477. The maximum atomic E-state index is 12.9. The molecule has 0 fully saturated rings. The molecule has 1 aromatic rings. The quantitative estimate of drug-likeness (QED) is 0.130. The summed E-state index contributed by atoms with van der Waals surface area (Å²) in [4.78, 5) is 60.9. The van der Waals surface area contributed by atoms with Gasteiger partial charge in [-0.3, -0.25) is 24.0 Å². The third-order valence-corrected chi connectivity index (χ3v) is 8.20. The summed E-state index contributed by atoms with van der Waals surface area (Å²) in [6, 6.07) is 6.28. The van der Waals surface area contributed by atoms with E-state index in [1.165, 1.54) is 6.92 Å². The van der Waals surface area contributed by atoms with Crippen LogP contribution in [0.2, 0.25) is 0 Å². The van der Waals surface area contributed by atoms with Crippen LogP contribution in [0.3, 0.4) is 0 Å². The number of benzene rings is 1. The van der Waals surface area contributed by atoms with E-state index >= 15 is 0 Å². The van der Waals surface area contributed by atoms with Gasteiger partial charge in [-0.2, -0.15) is 0 Å². The molecule has 4 atom stereocenters. The van der Waals surface area contributed by atoms with Crippen molar-refractivity contribution in [1.82, 2.24) is 10.6 Å². The smallest absolute Gasteiger partial charge is 0.305 e. The molecule has 0 aliphatic carbocycles. The SMILES string of the molecule is [3H]C(C)C(=O)OCc1ccc(CC(=O)[C@H](C)NC(=O)[C@@H](CC(=O)CCOCCNC(=O)C(Br)CBr)C(C)C)cc1. The highest BCUT2D eigenvalue weighted by Gasteiger charge is 2.27. The number of alkyl halides is 2. The van der Waals surface area contributed by atoms with E-state index in [1.54, 1.807) is 31.2 Å². The Bertz CT molecular complexity index is 989. The van der Waals surface area contributed by atoms with Gasteiger partial charge in [0.15, 0.2) is 5.78 Å². The number of Topliss-reactive ketones (excluding diaryl/α,β-unsaturated/α-hetero) is 2. The Morgan fingerprint density at radius 2 is 1.64 bits per heavy atom. The highest BCUT2D eigenvalue weighted by molar-refractivity contribution is 9.12. The van der Waals surface area contributed by atoms with Gasteiger partial charge in [-0.15, -0.1) is 0 Å². The maximum absolute atomic E-state index is 12.9. The molecule has 11 heteroatoms. The standard InChI is InChI=1S/C28H40Br2N2O7/c1-5-26(35)39-17-21-8-6-20(7-9-21)14-25(34)19(4)32-27(36)23(18(2)3)15-22(33)10-12-38-13-11-31-28(37)24(30)16-29/h6-9,18-19,23-24H,5,10-17H2,1-4H3,(H,31,37)(H,32,36)/t19-,23-,24?/m0/s1/i5T/t5?,19-,23-,24?. The van der Waals surface area contributed by atoms with Crippen molar-refractivity contribution in [2.75, 3.05) is 25.1 Å². The number of amides is 2. The molecular weight excluding hydrogens is 636 g/mol. The molecule has 0 radical (unpaired) electrons. The van der Waals surface area contributed by atoms with E-state index in [0.717, 1.165) is 11.1 Å². The summed E-state index contributed by atoms with van der Waals surface area (Å²) < 4.78 is 17.8. The van der Waals surface area contributed by atoms with Crippen molar-refractivity contribution in [2.45, 2.75) is 70.8 Å². The molecule has 2 N–H and O–H groups in total. The van der Waals surface area contributed by atoms with Gasteiger partial charge in [0.2, 0.25) is 11.8 Å². The Morgan fingerprint density at radius 3 is 2.23 bits per heavy atom. The summed E-state index contributed by atoms with van der Waals surface area (Å²) in [5.74, 6) is -2.06. The summed E-state index contributed by atoms with van der Waals surface area (Å²) in [6.45, 7) is 7.62. The molecule has 39 heavy (non-hydrogen) atoms. The number of halogens is 2.